The van der Waals surface area contributed by atoms with Crippen LogP contribution in [0, 0.1) is 5.92 Å². The zero-order valence-electron chi connectivity index (χ0n) is 19.1. The van der Waals surface area contributed by atoms with Gasteiger partial charge in [-0.25, -0.2) is 9.97 Å². The van der Waals surface area contributed by atoms with E-state index in [1.54, 1.807) is 0 Å². The Hall–Kier alpha value is -3.07. The minimum atomic E-state index is -0.857. The van der Waals surface area contributed by atoms with Gasteiger partial charge in [0, 0.05) is 18.0 Å². The number of hydrogen-bond acceptors (Lipinski definition) is 7. The molecule has 0 spiro atoms. The van der Waals surface area contributed by atoms with Crippen LogP contribution in [-0.4, -0.2) is 48.0 Å². The van der Waals surface area contributed by atoms with Gasteiger partial charge < -0.3 is 25.3 Å². The molecule has 5 atom stereocenters. The van der Waals surface area contributed by atoms with Crippen LogP contribution in [0.2, 0.25) is 0 Å². The molecule has 1 saturated carbocycles. The number of aliphatic hydroxyl groups excluding tert-OH is 2. The van der Waals surface area contributed by atoms with Crippen LogP contribution in [-0.2, 0) is 24.2 Å². The largest absolute Gasteiger partial charge is 0.390 e. The van der Waals surface area contributed by atoms with Crippen molar-refractivity contribution in [2.45, 2.75) is 63.6 Å². The first kappa shape index (κ1) is 21.5. The van der Waals surface area contributed by atoms with Gasteiger partial charge in [-0.05, 0) is 61.4 Å². The van der Waals surface area contributed by atoms with Crippen molar-refractivity contribution < 1.29 is 14.9 Å². The molecular weight excluding hydrogens is 430 g/mol. The lowest BCUT2D eigenvalue weighted by molar-refractivity contribution is 0.00545. The molecule has 4 heterocycles. The number of fused-ring (bicyclic) bond motifs is 3. The van der Waals surface area contributed by atoms with E-state index in [9.17, 15) is 10.2 Å². The van der Waals surface area contributed by atoms with E-state index in [1.807, 2.05) is 16.8 Å². The van der Waals surface area contributed by atoms with Crippen LogP contribution in [0.15, 0.2) is 42.9 Å². The van der Waals surface area contributed by atoms with Crippen molar-refractivity contribution in [2.24, 2.45) is 5.92 Å². The molecule has 6 rings (SSSR count). The molecule has 1 aromatic carbocycles. The molecule has 8 nitrogen and oxygen atoms in total. The number of aliphatic hydroxyl groups is 2. The fourth-order valence-electron chi connectivity index (χ4n) is 5.62. The second-order valence-corrected chi connectivity index (χ2v) is 9.75. The maximum absolute atomic E-state index is 10.8. The molecule has 2 aliphatic rings. The SMILES string of the molecule is C[C@H]1Cc2cc3ccc(CC[C@H]4C[C@@H](n5ccc6c(N)ncnc65)[C@H](O)[C@@H]4O)cc3nc2CO1. The number of pyridine rings is 1. The maximum atomic E-state index is 10.8. The smallest absolute Gasteiger partial charge is 0.145 e. The first-order valence-electron chi connectivity index (χ1n) is 11.9. The Bertz CT molecular complexity index is 1370. The fraction of sp³-hybridized carbons (Fsp3) is 0.423. The molecule has 3 aromatic heterocycles. The molecule has 8 heteroatoms. The first-order valence-corrected chi connectivity index (χ1v) is 11.9. The summed E-state index contributed by atoms with van der Waals surface area (Å²) in [5, 5.41) is 23.6. The molecular formula is C26H29N5O3. The first-order chi connectivity index (χ1) is 16.5. The Kier molecular flexibility index (Phi) is 5.24. The molecule has 34 heavy (non-hydrogen) atoms. The van der Waals surface area contributed by atoms with E-state index >= 15 is 0 Å². The van der Waals surface area contributed by atoms with Gasteiger partial charge in [0.15, 0.2) is 0 Å². The second kappa shape index (κ2) is 8.30. The maximum Gasteiger partial charge on any atom is 0.145 e. The van der Waals surface area contributed by atoms with E-state index in [2.05, 4.69) is 41.2 Å². The Labute approximate surface area is 197 Å². The van der Waals surface area contributed by atoms with Crippen LogP contribution in [0.3, 0.4) is 0 Å². The topological polar surface area (TPSA) is 119 Å². The van der Waals surface area contributed by atoms with Crippen LogP contribution >= 0.6 is 0 Å². The van der Waals surface area contributed by atoms with E-state index < -0.39 is 12.2 Å². The lowest BCUT2D eigenvalue weighted by atomic mass is 9.95. The molecule has 0 unspecified atom stereocenters. The highest BCUT2D eigenvalue weighted by molar-refractivity contribution is 5.86. The van der Waals surface area contributed by atoms with Crippen LogP contribution in [0.25, 0.3) is 21.9 Å². The highest BCUT2D eigenvalue weighted by Gasteiger charge is 2.42. The number of aryl methyl sites for hydroxylation is 1. The Morgan fingerprint density at radius 2 is 2.03 bits per heavy atom. The van der Waals surface area contributed by atoms with E-state index in [0.29, 0.717) is 24.5 Å². The summed E-state index contributed by atoms with van der Waals surface area (Å²) in [6.07, 6.45) is 5.06. The molecule has 0 bridgehead atoms. The van der Waals surface area contributed by atoms with E-state index in [-0.39, 0.29) is 18.1 Å². The van der Waals surface area contributed by atoms with Crippen LogP contribution in [0.4, 0.5) is 5.82 Å². The number of benzene rings is 1. The van der Waals surface area contributed by atoms with Gasteiger partial charge >= 0.3 is 0 Å². The van der Waals surface area contributed by atoms with Gasteiger partial charge in [-0.3, -0.25) is 4.98 Å². The number of nitrogens with two attached hydrogens (primary N) is 1. The van der Waals surface area contributed by atoms with Gasteiger partial charge in [0.05, 0.1) is 41.5 Å². The summed E-state index contributed by atoms with van der Waals surface area (Å²) in [5.41, 5.74) is 11.1. The standard InChI is InChI=1S/C26H29N5O3/c1-14-8-18-10-16-4-2-15(9-20(16)30-21(18)12-34-14)3-5-17-11-22(24(33)23(17)32)31-7-6-19-25(27)28-13-29-26(19)31/h2,4,6-7,9-10,13-14,17,22-24,32-33H,3,5,8,11-12H2,1H3,(H2,27,28,29)/t14-,17-,22+,23+,24-/m0/s1. The Balaban J connectivity index is 1.19. The molecule has 1 fully saturated rings. The van der Waals surface area contributed by atoms with E-state index in [4.69, 9.17) is 15.5 Å². The lowest BCUT2D eigenvalue weighted by Gasteiger charge is -2.22. The van der Waals surface area contributed by atoms with Crippen molar-refractivity contribution in [1.82, 2.24) is 19.5 Å². The predicted octanol–water partition coefficient (Wildman–Crippen LogP) is 2.94. The second-order valence-electron chi connectivity index (χ2n) is 9.75. The number of hydrogen-bond donors (Lipinski definition) is 3. The van der Waals surface area contributed by atoms with Crippen LogP contribution < -0.4 is 5.73 Å². The molecule has 0 saturated heterocycles. The normalized spacial score (nSPS) is 26.9. The van der Waals surface area contributed by atoms with Crippen molar-refractivity contribution in [3.8, 4) is 0 Å². The number of nitrogen functional groups attached to an aromatic ring is 1. The monoisotopic (exact) mass is 459 g/mol. The molecule has 4 N–H and O–H groups in total. The minimum Gasteiger partial charge on any atom is -0.390 e. The van der Waals surface area contributed by atoms with Gasteiger partial charge in [0.25, 0.3) is 0 Å². The van der Waals surface area contributed by atoms with E-state index in [0.717, 1.165) is 41.2 Å². The molecule has 4 aromatic rings. The number of ether oxygens (including phenoxy) is 1. The summed E-state index contributed by atoms with van der Waals surface area (Å²) in [6.45, 7) is 2.66. The zero-order chi connectivity index (χ0) is 23.4. The number of aromatic nitrogens is 4. The summed E-state index contributed by atoms with van der Waals surface area (Å²) >= 11 is 0. The van der Waals surface area contributed by atoms with Crippen molar-refractivity contribution in [1.29, 1.82) is 0 Å². The Morgan fingerprint density at radius 3 is 2.91 bits per heavy atom. The molecule has 0 amide bonds. The number of nitrogens with zero attached hydrogens (tertiary/aromatic N) is 4. The van der Waals surface area contributed by atoms with Gasteiger partial charge in [-0.1, -0.05) is 12.1 Å². The van der Waals surface area contributed by atoms with Crippen molar-refractivity contribution >= 4 is 27.8 Å². The summed E-state index contributed by atoms with van der Waals surface area (Å²) in [5.74, 6) is 0.402. The van der Waals surface area contributed by atoms with E-state index in [1.165, 1.54) is 17.5 Å². The van der Waals surface area contributed by atoms with Gasteiger partial charge in [0.2, 0.25) is 0 Å². The lowest BCUT2D eigenvalue weighted by Crippen LogP contribution is -2.29. The highest BCUT2D eigenvalue weighted by Crippen LogP contribution is 2.39. The third-order valence-electron chi connectivity index (χ3n) is 7.54. The van der Waals surface area contributed by atoms with Gasteiger partial charge in [-0.2, -0.15) is 0 Å². The predicted molar refractivity (Wildman–Crippen MR) is 129 cm³/mol. The highest BCUT2D eigenvalue weighted by atomic mass is 16.5. The molecule has 176 valence electrons. The van der Waals surface area contributed by atoms with Crippen molar-refractivity contribution in [3.63, 3.8) is 0 Å². The van der Waals surface area contributed by atoms with Crippen molar-refractivity contribution in [3.05, 3.63) is 59.7 Å². The summed E-state index contributed by atoms with van der Waals surface area (Å²) in [7, 11) is 0. The summed E-state index contributed by atoms with van der Waals surface area (Å²) < 4.78 is 7.69. The summed E-state index contributed by atoms with van der Waals surface area (Å²) in [6, 6.07) is 10.3. The molecule has 1 aliphatic heterocycles. The third-order valence-corrected chi connectivity index (χ3v) is 7.54. The van der Waals surface area contributed by atoms with Crippen molar-refractivity contribution in [2.75, 3.05) is 5.73 Å². The molecule has 1 aliphatic carbocycles. The zero-order valence-corrected chi connectivity index (χ0v) is 19.1. The van der Waals surface area contributed by atoms with Gasteiger partial charge in [0.1, 0.15) is 23.9 Å². The van der Waals surface area contributed by atoms with Gasteiger partial charge in [-0.15, -0.1) is 0 Å². The quantitative estimate of drug-likeness (QED) is 0.429. The summed E-state index contributed by atoms with van der Waals surface area (Å²) in [4.78, 5) is 13.2. The average Bonchev–Trinajstić information content (AvgIpc) is 3.38. The average molecular weight is 460 g/mol. The number of rotatable bonds is 4. The molecule has 0 radical (unpaired) electrons. The van der Waals surface area contributed by atoms with Crippen LogP contribution in [0.5, 0.6) is 0 Å². The number of anilines is 1. The minimum absolute atomic E-state index is 0.0151. The third kappa shape index (κ3) is 3.62. The Morgan fingerprint density at radius 1 is 1.15 bits per heavy atom. The fourth-order valence-corrected chi connectivity index (χ4v) is 5.62. The van der Waals surface area contributed by atoms with Crippen LogP contribution in [0.1, 0.15) is 42.6 Å².